The highest BCUT2D eigenvalue weighted by Crippen LogP contribution is 2.12. The zero-order valence-corrected chi connectivity index (χ0v) is 15.2. The molecule has 2 unspecified atom stereocenters. The molecule has 0 heterocycles. The topological polar surface area (TPSA) is 105 Å². The van der Waals surface area contributed by atoms with Crippen molar-refractivity contribution in [2.75, 3.05) is 5.75 Å². The summed E-state index contributed by atoms with van der Waals surface area (Å²) in [5, 5.41) is -0.593. The number of hydrogen-bond donors (Lipinski definition) is 0. The van der Waals surface area contributed by atoms with E-state index in [-0.39, 0.29) is 19.3 Å². The van der Waals surface area contributed by atoms with Gasteiger partial charge in [0.05, 0.1) is 0 Å². The Kier molecular flexibility index (Phi) is 11.7. The van der Waals surface area contributed by atoms with Crippen LogP contribution in [0.1, 0.15) is 53.4 Å². The molecule has 0 aromatic carbocycles. The summed E-state index contributed by atoms with van der Waals surface area (Å²) >= 11 is 0.869. The SMILES string of the molecule is CCC(=O)OC(C)OC(=O)CCCSC(=O)OC(C)OC(=O)CC. The predicted molar refractivity (Wildman–Crippen MR) is 86.0 cm³/mol. The summed E-state index contributed by atoms with van der Waals surface area (Å²) in [5.74, 6) is -1.09. The Hall–Kier alpha value is -1.77. The molecule has 24 heavy (non-hydrogen) atoms. The van der Waals surface area contributed by atoms with Gasteiger partial charge in [-0.25, -0.2) is 4.79 Å². The Morgan fingerprint density at radius 3 is 1.75 bits per heavy atom. The smallest absolute Gasteiger partial charge is 0.370 e. The minimum Gasteiger partial charge on any atom is -0.425 e. The molecule has 2 atom stereocenters. The lowest BCUT2D eigenvalue weighted by Gasteiger charge is -2.14. The first-order valence-corrected chi connectivity index (χ1v) is 8.68. The van der Waals surface area contributed by atoms with Crippen molar-refractivity contribution >= 4 is 35.0 Å². The van der Waals surface area contributed by atoms with Gasteiger partial charge < -0.3 is 18.9 Å². The van der Waals surface area contributed by atoms with Crippen LogP contribution < -0.4 is 0 Å². The normalized spacial score (nSPS) is 12.7. The lowest BCUT2D eigenvalue weighted by molar-refractivity contribution is -0.184. The van der Waals surface area contributed by atoms with E-state index in [1.54, 1.807) is 13.8 Å². The molecule has 0 radical (unpaired) electrons. The Balaban J connectivity index is 3.80. The first kappa shape index (κ1) is 22.2. The predicted octanol–water partition coefficient (Wildman–Crippen LogP) is 2.78. The van der Waals surface area contributed by atoms with E-state index in [0.29, 0.717) is 12.2 Å². The highest BCUT2D eigenvalue weighted by Gasteiger charge is 2.15. The van der Waals surface area contributed by atoms with Crippen LogP contribution in [0.25, 0.3) is 0 Å². The molecular formula is C15H24O8S. The summed E-state index contributed by atoms with van der Waals surface area (Å²) in [5.41, 5.74) is 0. The van der Waals surface area contributed by atoms with Crippen LogP contribution in [0, 0.1) is 0 Å². The van der Waals surface area contributed by atoms with Gasteiger partial charge in [0.25, 0.3) is 0 Å². The number of carbonyl (C=O) groups is 4. The van der Waals surface area contributed by atoms with Crippen molar-refractivity contribution in [1.82, 2.24) is 0 Å². The molecule has 0 aliphatic carbocycles. The molecule has 0 saturated carbocycles. The summed E-state index contributed by atoms with van der Waals surface area (Å²) in [7, 11) is 0. The van der Waals surface area contributed by atoms with Crippen LogP contribution >= 0.6 is 11.8 Å². The van der Waals surface area contributed by atoms with Crippen LogP contribution in [0.2, 0.25) is 0 Å². The van der Waals surface area contributed by atoms with Gasteiger partial charge in [-0.15, -0.1) is 0 Å². The van der Waals surface area contributed by atoms with Crippen LogP contribution in [0.4, 0.5) is 4.79 Å². The van der Waals surface area contributed by atoms with E-state index in [4.69, 9.17) is 18.9 Å². The van der Waals surface area contributed by atoms with Crippen molar-refractivity contribution in [3.8, 4) is 0 Å². The fraction of sp³-hybridized carbons (Fsp3) is 0.733. The number of hydrogen-bond acceptors (Lipinski definition) is 9. The van der Waals surface area contributed by atoms with E-state index in [2.05, 4.69) is 0 Å². The van der Waals surface area contributed by atoms with Gasteiger partial charge in [-0.1, -0.05) is 13.8 Å². The molecule has 0 aliphatic heterocycles. The summed E-state index contributed by atoms with van der Waals surface area (Å²) < 4.78 is 19.3. The van der Waals surface area contributed by atoms with Crippen LogP contribution in [0.5, 0.6) is 0 Å². The van der Waals surface area contributed by atoms with Gasteiger partial charge in [0.15, 0.2) is 0 Å². The average molecular weight is 364 g/mol. The molecule has 0 aromatic heterocycles. The Labute approximate surface area is 145 Å². The molecule has 138 valence electrons. The molecule has 0 bridgehead atoms. The van der Waals surface area contributed by atoms with Gasteiger partial charge in [-0.05, 0) is 18.2 Å². The van der Waals surface area contributed by atoms with Crippen LogP contribution in [0.15, 0.2) is 0 Å². The molecule has 0 spiro atoms. The Morgan fingerprint density at radius 1 is 0.792 bits per heavy atom. The maximum absolute atomic E-state index is 11.5. The quantitative estimate of drug-likeness (QED) is 0.328. The van der Waals surface area contributed by atoms with E-state index in [1.165, 1.54) is 13.8 Å². The fourth-order valence-electron chi connectivity index (χ4n) is 1.37. The minimum atomic E-state index is -0.948. The lowest BCUT2D eigenvalue weighted by atomic mass is 10.3. The zero-order valence-electron chi connectivity index (χ0n) is 14.4. The van der Waals surface area contributed by atoms with Crippen molar-refractivity contribution in [2.24, 2.45) is 0 Å². The van der Waals surface area contributed by atoms with Crippen LogP contribution in [0.3, 0.4) is 0 Å². The van der Waals surface area contributed by atoms with Crippen molar-refractivity contribution in [2.45, 2.75) is 66.0 Å². The third-order valence-corrected chi connectivity index (χ3v) is 3.30. The maximum atomic E-state index is 11.5. The van der Waals surface area contributed by atoms with Crippen molar-refractivity contribution in [1.29, 1.82) is 0 Å². The van der Waals surface area contributed by atoms with E-state index >= 15 is 0 Å². The van der Waals surface area contributed by atoms with Gasteiger partial charge in [-0.3, -0.25) is 14.4 Å². The van der Waals surface area contributed by atoms with Gasteiger partial charge in [-0.2, -0.15) is 0 Å². The standard InChI is InChI=1S/C15H24O8S/c1-5-12(16)20-10(3)22-14(18)8-7-9-24-15(19)23-11(4)21-13(17)6-2/h10-11H,5-9H2,1-4H3. The van der Waals surface area contributed by atoms with E-state index < -0.39 is 35.8 Å². The molecule has 0 aromatic rings. The molecule has 0 aliphatic rings. The van der Waals surface area contributed by atoms with E-state index in [0.717, 1.165) is 11.8 Å². The lowest BCUT2D eigenvalue weighted by Crippen LogP contribution is -2.21. The second kappa shape index (κ2) is 12.6. The number of esters is 3. The second-order valence-corrected chi connectivity index (χ2v) is 5.66. The highest BCUT2D eigenvalue weighted by atomic mass is 32.2. The van der Waals surface area contributed by atoms with Gasteiger partial charge in [0.1, 0.15) is 0 Å². The summed E-state index contributed by atoms with van der Waals surface area (Å²) in [6, 6.07) is 0. The number of ether oxygens (including phenoxy) is 4. The maximum Gasteiger partial charge on any atom is 0.370 e. The van der Waals surface area contributed by atoms with Crippen molar-refractivity contribution in [3.63, 3.8) is 0 Å². The minimum absolute atomic E-state index is 0.0780. The third-order valence-electron chi connectivity index (χ3n) is 2.48. The molecule has 0 amide bonds. The summed E-state index contributed by atoms with van der Waals surface area (Å²) in [4.78, 5) is 45.0. The molecule has 9 heteroatoms. The average Bonchev–Trinajstić information content (AvgIpc) is 2.50. The van der Waals surface area contributed by atoms with Crippen molar-refractivity contribution in [3.05, 3.63) is 0 Å². The Morgan fingerprint density at radius 2 is 1.25 bits per heavy atom. The summed E-state index contributed by atoms with van der Waals surface area (Å²) in [6.07, 6.45) is -1.02. The van der Waals surface area contributed by atoms with Crippen LogP contribution in [-0.2, 0) is 33.3 Å². The molecular weight excluding hydrogens is 340 g/mol. The Bertz CT molecular complexity index is 397. The first-order valence-electron chi connectivity index (χ1n) is 7.70. The zero-order chi connectivity index (χ0) is 18.5. The van der Waals surface area contributed by atoms with E-state index in [1.807, 2.05) is 0 Å². The van der Waals surface area contributed by atoms with Gasteiger partial charge >= 0.3 is 23.2 Å². The van der Waals surface area contributed by atoms with Gasteiger partial charge in [0, 0.05) is 38.9 Å². The highest BCUT2D eigenvalue weighted by molar-refractivity contribution is 8.13. The molecule has 0 N–H and O–H groups in total. The fourth-order valence-corrected chi connectivity index (χ4v) is 2.03. The van der Waals surface area contributed by atoms with Gasteiger partial charge in [0.2, 0.25) is 12.6 Å². The molecule has 0 fully saturated rings. The molecule has 8 nitrogen and oxygen atoms in total. The van der Waals surface area contributed by atoms with E-state index in [9.17, 15) is 19.2 Å². The molecule has 0 saturated heterocycles. The number of rotatable bonds is 10. The summed E-state index contributed by atoms with van der Waals surface area (Å²) in [6.45, 7) is 6.17. The second-order valence-electron chi connectivity index (χ2n) is 4.63. The number of carbonyl (C=O) groups excluding carboxylic acids is 4. The largest absolute Gasteiger partial charge is 0.425 e. The third kappa shape index (κ3) is 11.8. The monoisotopic (exact) mass is 364 g/mol. The number of thioether (sulfide) groups is 1. The van der Waals surface area contributed by atoms with Crippen molar-refractivity contribution < 1.29 is 38.1 Å². The molecule has 0 rings (SSSR count). The first-order chi connectivity index (χ1) is 11.3. The van der Waals surface area contributed by atoms with Crippen LogP contribution in [-0.4, -0.2) is 41.5 Å².